The number of sulfonamides is 1. The molecule has 0 atom stereocenters. The van der Waals surface area contributed by atoms with Gasteiger partial charge in [-0.2, -0.15) is 0 Å². The Morgan fingerprint density at radius 1 is 0.947 bits per heavy atom. The third kappa shape index (κ3) is 7.77. The molecule has 2 aromatic carbocycles. The highest BCUT2D eigenvalue weighted by molar-refractivity contribution is 7.90. The van der Waals surface area contributed by atoms with E-state index in [1.807, 2.05) is 29.0 Å². The van der Waals surface area contributed by atoms with Crippen LogP contribution in [0.1, 0.15) is 40.1 Å². The highest BCUT2D eigenvalue weighted by atomic mass is 32.2. The summed E-state index contributed by atoms with van der Waals surface area (Å²) in [4.78, 5) is 40.2. The molecule has 2 N–H and O–H groups in total. The van der Waals surface area contributed by atoms with Crippen LogP contribution in [0.4, 0.5) is 4.79 Å². The minimum Gasteiger partial charge on any atom is -0.496 e. The Balaban J connectivity index is 1.61. The predicted octanol–water partition coefficient (Wildman–Crippen LogP) is 3.11. The molecule has 2 amide bonds. The highest BCUT2D eigenvalue weighted by Crippen LogP contribution is 2.18. The second-order valence-corrected chi connectivity index (χ2v) is 9.87. The van der Waals surface area contributed by atoms with Crippen LogP contribution in [0.25, 0.3) is 0 Å². The molecule has 0 unspecified atom stereocenters. The van der Waals surface area contributed by atoms with Gasteiger partial charge in [-0.3, -0.25) is 9.59 Å². The van der Waals surface area contributed by atoms with E-state index in [1.54, 1.807) is 21.0 Å². The van der Waals surface area contributed by atoms with Gasteiger partial charge in [-0.05, 0) is 56.2 Å². The first kappa shape index (κ1) is 28.1. The maximum absolute atomic E-state index is 12.8. The van der Waals surface area contributed by atoms with Gasteiger partial charge in [0.1, 0.15) is 5.75 Å². The van der Waals surface area contributed by atoms with Gasteiger partial charge in [0, 0.05) is 24.4 Å². The van der Waals surface area contributed by atoms with Crippen molar-refractivity contribution >= 4 is 28.0 Å². The van der Waals surface area contributed by atoms with Gasteiger partial charge in [0.15, 0.2) is 0 Å². The van der Waals surface area contributed by atoms with Gasteiger partial charge in [0.2, 0.25) is 5.88 Å². The fourth-order valence-corrected chi connectivity index (χ4v) is 4.26. The van der Waals surface area contributed by atoms with Crippen molar-refractivity contribution in [3.63, 3.8) is 0 Å². The van der Waals surface area contributed by atoms with Gasteiger partial charge in [-0.1, -0.05) is 24.3 Å². The van der Waals surface area contributed by atoms with E-state index in [-0.39, 0.29) is 28.0 Å². The van der Waals surface area contributed by atoms with E-state index >= 15 is 0 Å². The van der Waals surface area contributed by atoms with E-state index in [0.717, 1.165) is 11.8 Å². The molecule has 0 spiro atoms. The van der Waals surface area contributed by atoms with Crippen molar-refractivity contribution in [3.05, 3.63) is 83.6 Å². The number of carbonyl (C=O) groups is 3. The van der Waals surface area contributed by atoms with Crippen LogP contribution in [0.3, 0.4) is 0 Å². The summed E-state index contributed by atoms with van der Waals surface area (Å²) in [6.45, 7) is 3.59. The molecule has 11 nitrogen and oxygen atoms in total. The first-order valence-electron chi connectivity index (χ1n) is 11.5. The monoisotopic (exact) mass is 541 g/mol. The van der Waals surface area contributed by atoms with Gasteiger partial charge < -0.3 is 19.5 Å². The largest absolute Gasteiger partial charge is 0.515 e. The maximum Gasteiger partial charge on any atom is 0.515 e. The highest BCUT2D eigenvalue weighted by Gasteiger charge is 2.21. The number of aromatic nitrogens is 1. The first-order valence-corrected chi connectivity index (χ1v) is 13.0. The number of carbonyl (C=O) groups excluding carboxylic acids is 3. The van der Waals surface area contributed by atoms with Gasteiger partial charge in [0.05, 0.1) is 23.7 Å². The molecule has 0 radical (unpaired) electrons. The van der Waals surface area contributed by atoms with Crippen LogP contribution >= 0.6 is 0 Å². The van der Waals surface area contributed by atoms with E-state index in [0.29, 0.717) is 18.7 Å². The summed E-state index contributed by atoms with van der Waals surface area (Å²) in [7, 11) is -2.74. The lowest BCUT2D eigenvalue weighted by Crippen LogP contribution is -2.31. The van der Waals surface area contributed by atoms with Crippen LogP contribution in [-0.2, 0) is 21.2 Å². The minimum absolute atomic E-state index is 0.0941. The number of nitrogens with one attached hydrogen (secondary N) is 2. The van der Waals surface area contributed by atoms with Crippen molar-refractivity contribution in [1.82, 2.24) is 15.0 Å². The molecule has 1 aromatic heterocycles. The van der Waals surface area contributed by atoms with Crippen molar-refractivity contribution < 1.29 is 37.0 Å². The molecule has 3 aromatic rings. The van der Waals surface area contributed by atoms with Crippen molar-refractivity contribution in [2.24, 2.45) is 0 Å². The van der Waals surface area contributed by atoms with E-state index in [2.05, 4.69) is 10.3 Å². The van der Waals surface area contributed by atoms with Crippen molar-refractivity contribution in [2.45, 2.75) is 31.3 Å². The van der Waals surface area contributed by atoms with Crippen LogP contribution in [0.15, 0.2) is 71.8 Å². The summed E-state index contributed by atoms with van der Waals surface area (Å²) in [6.07, 6.45) is 0.214. The zero-order valence-corrected chi connectivity index (χ0v) is 21.8. The van der Waals surface area contributed by atoms with Gasteiger partial charge in [-0.25, -0.2) is 22.9 Å². The Bertz CT molecular complexity index is 1410. The second-order valence-electron chi connectivity index (χ2n) is 8.18. The number of amides is 2. The fourth-order valence-electron chi connectivity index (χ4n) is 3.24. The Labute approximate surface area is 220 Å². The number of ether oxygens (including phenoxy) is 3. The average molecular weight is 542 g/mol. The van der Waals surface area contributed by atoms with Crippen LogP contribution in [0.2, 0.25) is 0 Å². The van der Waals surface area contributed by atoms with E-state index in [9.17, 15) is 22.8 Å². The molecule has 12 heteroatoms. The first-order chi connectivity index (χ1) is 18.1. The quantitative estimate of drug-likeness (QED) is 0.369. The average Bonchev–Trinajstić information content (AvgIpc) is 2.88. The summed E-state index contributed by atoms with van der Waals surface area (Å²) in [5, 5.41) is 2.74. The number of hydrogen-bond donors (Lipinski definition) is 2. The molecule has 0 bridgehead atoms. The van der Waals surface area contributed by atoms with Crippen LogP contribution in [0, 0.1) is 0 Å². The predicted molar refractivity (Wildman–Crippen MR) is 137 cm³/mol. The standard InChI is InChI=1S/C26H27N3O8S/c1-17(2)36-26(32)37-23-12-11-20(16-28-23)25(31)29-38(33,34)21-9-6-8-19(15-21)24(30)27-14-13-18-7-4-5-10-22(18)35-3/h4-12,15-17H,13-14H2,1-3H3,(H,27,30)(H,29,31). The molecule has 0 aliphatic carbocycles. The summed E-state index contributed by atoms with van der Waals surface area (Å²) in [6, 6.07) is 15.2. The zero-order chi connectivity index (χ0) is 27.7. The SMILES string of the molecule is COc1ccccc1CCNC(=O)c1cccc(S(=O)(=O)NC(=O)c2ccc(OC(=O)OC(C)C)nc2)c1. The number of pyridine rings is 1. The van der Waals surface area contributed by atoms with Crippen LogP contribution in [-0.4, -0.2) is 51.1 Å². The lowest BCUT2D eigenvalue weighted by molar-refractivity contribution is 0.0715. The Hall–Kier alpha value is -4.45. The number of rotatable bonds is 10. The van der Waals surface area contributed by atoms with Crippen molar-refractivity contribution in [2.75, 3.05) is 13.7 Å². The van der Waals surface area contributed by atoms with Crippen LogP contribution in [0.5, 0.6) is 11.6 Å². The molecule has 38 heavy (non-hydrogen) atoms. The number of para-hydroxylation sites is 1. The molecule has 0 aliphatic rings. The van der Waals surface area contributed by atoms with Gasteiger partial charge >= 0.3 is 6.16 Å². The van der Waals surface area contributed by atoms with E-state index in [4.69, 9.17) is 14.2 Å². The summed E-state index contributed by atoms with van der Waals surface area (Å²) >= 11 is 0. The van der Waals surface area contributed by atoms with E-state index < -0.39 is 28.0 Å². The van der Waals surface area contributed by atoms with Gasteiger partial charge in [-0.15, -0.1) is 0 Å². The summed E-state index contributed by atoms with van der Waals surface area (Å²) in [5.41, 5.74) is 0.930. The molecule has 0 saturated carbocycles. The lowest BCUT2D eigenvalue weighted by Gasteiger charge is -2.11. The smallest absolute Gasteiger partial charge is 0.496 e. The third-order valence-electron chi connectivity index (χ3n) is 5.02. The van der Waals surface area contributed by atoms with Crippen molar-refractivity contribution in [3.8, 4) is 11.6 Å². The number of nitrogens with zero attached hydrogens (tertiary/aromatic N) is 1. The molecule has 0 aliphatic heterocycles. The van der Waals surface area contributed by atoms with Crippen LogP contribution < -0.4 is 19.5 Å². The number of benzene rings is 2. The fraction of sp³-hybridized carbons (Fsp3) is 0.231. The third-order valence-corrected chi connectivity index (χ3v) is 6.35. The number of hydrogen-bond acceptors (Lipinski definition) is 9. The molecule has 200 valence electrons. The Morgan fingerprint density at radius 3 is 2.39 bits per heavy atom. The Morgan fingerprint density at radius 2 is 1.71 bits per heavy atom. The topological polar surface area (TPSA) is 150 Å². The molecule has 3 rings (SSSR count). The van der Waals surface area contributed by atoms with Crippen molar-refractivity contribution in [1.29, 1.82) is 0 Å². The normalized spacial score (nSPS) is 10.9. The molecular formula is C26H27N3O8S. The second kappa shape index (κ2) is 12.7. The Kier molecular flexibility index (Phi) is 9.39. The molecule has 1 heterocycles. The molecule has 0 saturated heterocycles. The molecule has 0 fully saturated rings. The minimum atomic E-state index is -4.31. The summed E-state index contributed by atoms with van der Waals surface area (Å²) in [5.74, 6) is -0.851. The van der Waals surface area contributed by atoms with E-state index in [1.165, 1.54) is 36.4 Å². The van der Waals surface area contributed by atoms with Gasteiger partial charge in [0.25, 0.3) is 21.8 Å². The maximum atomic E-state index is 12.8. The number of methoxy groups -OCH3 is 1. The lowest BCUT2D eigenvalue weighted by atomic mass is 10.1. The summed E-state index contributed by atoms with van der Waals surface area (Å²) < 4.78 is 42.5. The zero-order valence-electron chi connectivity index (χ0n) is 21.0. The molecular weight excluding hydrogens is 514 g/mol.